The number of phenols is 1. The van der Waals surface area contributed by atoms with E-state index in [4.69, 9.17) is 23.2 Å². The summed E-state index contributed by atoms with van der Waals surface area (Å²) in [6, 6.07) is 7.20. The molecule has 0 spiro atoms. The minimum Gasteiger partial charge on any atom is -0.508 e. The largest absolute Gasteiger partial charge is 0.508 e. The first-order chi connectivity index (χ1) is 5.70. The quantitative estimate of drug-likeness (QED) is 0.751. The van der Waals surface area contributed by atoms with E-state index >= 15 is 0 Å². The average Bonchev–Trinajstić information content (AvgIpc) is 2.03. The lowest BCUT2D eigenvalue weighted by Crippen LogP contribution is -1.92. The van der Waals surface area contributed by atoms with Gasteiger partial charge in [-0.2, -0.15) is 0 Å². The van der Waals surface area contributed by atoms with Gasteiger partial charge in [-0.25, -0.2) is 0 Å². The van der Waals surface area contributed by atoms with E-state index in [0.717, 1.165) is 5.56 Å². The molecular weight excluding hydrogens is 195 g/mol. The van der Waals surface area contributed by atoms with Crippen molar-refractivity contribution in [3.63, 3.8) is 0 Å². The van der Waals surface area contributed by atoms with Gasteiger partial charge in [0, 0.05) is 0 Å². The summed E-state index contributed by atoms with van der Waals surface area (Å²) in [5.41, 5.74) is 0.892. The number of aryl methyl sites for hydroxylation is 1. The van der Waals surface area contributed by atoms with Crippen LogP contribution in [-0.4, -0.2) is 9.94 Å². The highest BCUT2D eigenvalue weighted by Gasteiger charge is 2.02. The van der Waals surface area contributed by atoms with Crippen molar-refractivity contribution in [2.45, 2.75) is 17.7 Å². The molecule has 0 aliphatic carbocycles. The molecule has 1 nitrogen and oxygen atoms in total. The Morgan fingerprint density at radius 3 is 2.50 bits per heavy atom. The normalized spacial score (nSPS) is 10.6. The van der Waals surface area contributed by atoms with E-state index in [-0.39, 0.29) is 4.84 Å². The Hall–Kier alpha value is -0.400. The number of hydrogen-bond acceptors (Lipinski definition) is 1. The first-order valence-electron chi connectivity index (χ1n) is 3.75. The number of hydrogen-bond donors (Lipinski definition) is 1. The van der Waals surface area contributed by atoms with Gasteiger partial charge in [-0.15, -0.1) is 23.2 Å². The van der Waals surface area contributed by atoms with Crippen LogP contribution < -0.4 is 0 Å². The molecule has 1 rings (SSSR count). The molecule has 0 aliphatic heterocycles. The van der Waals surface area contributed by atoms with Crippen LogP contribution in [-0.2, 0) is 6.42 Å². The molecule has 1 N–H and O–H groups in total. The van der Waals surface area contributed by atoms with Gasteiger partial charge in [0.2, 0.25) is 0 Å². The van der Waals surface area contributed by atoms with Crippen molar-refractivity contribution in [2.75, 3.05) is 0 Å². The lowest BCUT2D eigenvalue weighted by molar-refractivity contribution is 0.467. The zero-order valence-electron chi connectivity index (χ0n) is 6.50. The maximum atomic E-state index is 9.34. The molecular formula is C9H10Cl2O. The highest BCUT2D eigenvalue weighted by Crippen LogP contribution is 2.19. The third kappa shape index (κ3) is 2.92. The fourth-order valence-corrected chi connectivity index (χ4v) is 1.21. The molecule has 0 unspecified atom stereocenters. The van der Waals surface area contributed by atoms with Gasteiger partial charge in [0.05, 0.1) is 0 Å². The fraction of sp³-hybridized carbons (Fsp3) is 0.333. The number of alkyl halides is 2. The second-order valence-corrected chi connectivity index (χ2v) is 3.84. The zero-order chi connectivity index (χ0) is 8.97. The van der Waals surface area contributed by atoms with Gasteiger partial charge in [0.1, 0.15) is 10.6 Å². The summed E-state index contributed by atoms with van der Waals surface area (Å²) in [7, 11) is 0. The van der Waals surface area contributed by atoms with Crippen molar-refractivity contribution in [2.24, 2.45) is 0 Å². The molecule has 1 aromatic rings. The summed E-state index contributed by atoms with van der Waals surface area (Å²) in [5.74, 6) is 0.312. The van der Waals surface area contributed by atoms with Crippen LogP contribution in [0.3, 0.4) is 0 Å². The number of aromatic hydroxyl groups is 1. The van der Waals surface area contributed by atoms with Crippen LogP contribution in [0.4, 0.5) is 0 Å². The molecule has 1 aromatic carbocycles. The third-order valence-electron chi connectivity index (χ3n) is 1.62. The molecule has 0 saturated carbocycles. The van der Waals surface area contributed by atoms with Crippen molar-refractivity contribution in [3.05, 3.63) is 29.8 Å². The van der Waals surface area contributed by atoms with Crippen LogP contribution in [0.1, 0.15) is 12.0 Å². The standard InChI is InChI=1S/C9H10Cl2O/c10-9(11)6-5-7-3-1-2-4-8(7)12/h1-4,9,12H,5-6H2. The zero-order valence-corrected chi connectivity index (χ0v) is 8.02. The van der Waals surface area contributed by atoms with Gasteiger partial charge in [0.15, 0.2) is 0 Å². The molecule has 66 valence electrons. The molecule has 0 atom stereocenters. The predicted molar refractivity (Wildman–Crippen MR) is 51.9 cm³/mol. The summed E-state index contributed by atoms with van der Waals surface area (Å²) in [4.78, 5) is -0.357. The Morgan fingerprint density at radius 1 is 1.25 bits per heavy atom. The number of phenolic OH excluding ortho intramolecular Hbond substituents is 1. The van der Waals surface area contributed by atoms with Gasteiger partial charge in [-0.05, 0) is 24.5 Å². The first kappa shape index (κ1) is 9.69. The molecule has 0 heterocycles. The molecule has 12 heavy (non-hydrogen) atoms. The number of halogens is 2. The van der Waals surface area contributed by atoms with E-state index in [2.05, 4.69) is 0 Å². The van der Waals surface area contributed by atoms with Crippen molar-refractivity contribution >= 4 is 23.2 Å². The van der Waals surface area contributed by atoms with Gasteiger partial charge < -0.3 is 5.11 Å². The maximum Gasteiger partial charge on any atom is 0.118 e. The monoisotopic (exact) mass is 204 g/mol. The fourth-order valence-electron chi connectivity index (χ4n) is 0.987. The summed E-state index contributed by atoms with van der Waals surface area (Å²) < 4.78 is 0. The van der Waals surface area contributed by atoms with Crippen LogP contribution in [0.5, 0.6) is 5.75 Å². The molecule has 0 aliphatic rings. The van der Waals surface area contributed by atoms with Crippen molar-refractivity contribution in [3.8, 4) is 5.75 Å². The van der Waals surface area contributed by atoms with Crippen LogP contribution >= 0.6 is 23.2 Å². The molecule has 0 amide bonds. The van der Waals surface area contributed by atoms with E-state index in [9.17, 15) is 5.11 Å². The van der Waals surface area contributed by atoms with E-state index in [1.807, 2.05) is 12.1 Å². The van der Waals surface area contributed by atoms with Crippen molar-refractivity contribution in [1.82, 2.24) is 0 Å². The Morgan fingerprint density at radius 2 is 1.92 bits per heavy atom. The Kier molecular flexibility index (Phi) is 3.70. The first-order valence-corrected chi connectivity index (χ1v) is 4.62. The molecule has 3 heteroatoms. The van der Waals surface area contributed by atoms with E-state index in [0.29, 0.717) is 18.6 Å². The number of rotatable bonds is 3. The molecule has 0 aromatic heterocycles. The number of benzene rings is 1. The van der Waals surface area contributed by atoms with Gasteiger partial charge >= 0.3 is 0 Å². The molecule has 0 bridgehead atoms. The Balaban J connectivity index is 2.57. The molecule has 0 saturated heterocycles. The van der Waals surface area contributed by atoms with Crippen LogP contribution in [0.2, 0.25) is 0 Å². The Labute approximate surface area is 81.9 Å². The maximum absolute atomic E-state index is 9.34. The van der Waals surface area contributed by atoms with E-state index in [1.54, 1.807) is 12.1 Å². The lowest BCUT2D eigenvalue weighted by atomic mass is 10.1. The minimum atomic E-state index is -0.357. The van der Waals surface area contributed by atoms with Crippen molar-refractivity contribution in [1.29, 1.82) is 0 Å². The lowest BCUT2D eigenvalue weighted by Gasteiger charge is -2.03. The molecule has 0 radical (unpaired) electrons. The summed E-state index contributed by atoms with van der Waals surface area (Å²) in [6.45, 7) is 0. The second kappa shape index (κ2) is 4.58. The van der Waals surface area contributed by atoms with Crippen LogP contribution in [0, 0.1) is 0 Å². The smallest absolute Gasteiger partial charge is 0.118 e. The topological polar surface area (TPSA) is 20.2 Å². The average molecular weight is 205 g/mol. The molecule has 0 fully saturated rings. The van der Waals surface area contributed by atoms with Gasteiger partial charge in [0.25, 0.3) is 0 Å². The van der Waals surface area contributed by atoms with Gasteiger partial charge in [-0.1, -0.05) is 18.2 Å². The predicted octanol–water partition coefficient (Wildman–Crippen LogP) is 3.13. The van der Waals surface area contributed by atoms with Gasteiger partial charge in [-0.3, -0.25) is 0 Å². The second-order valence-electron chi connectivity index (χ2n) is 2.56. The SMILES string of the molecule is Oc1ccccc1CCC(Cl)Cl. The Bertz CT molecular complexity index is 248. The van der Waals surface area contributed by atoms with E-state index < -0.39 is 0 Å². The summed E-state index contributed by atoms with van der Waals surface area (Å²) >= 11 is 11.1. The summed E-state index contributed by atoms with van der Waals surface area (Å²) in [6.07, 6.45) is 1.38. The van der Waals surface area contributed by atoms with Crippen molar-refractivity contribution < 1.29 is 5.11 Å². The van der Waals surface area contributed by atoms with Crippen LogP contribution in [0.15, 0.2) is 24.3 Å². The third-order valence-corrected chi connectivity index (χ3v) is 2.06. The van der Waals surface area contributed by atoms with Crippen LogP contribution in [0.25, 0.3) is 0 Å². The highest BCUT2D eigenvalue weighted by atomic mass is 35.5. The minimum absolute atomic E-state index is 0.312. The number of para-hydroxylation sites is 1. The summed E-state index contributed by atoms with van der Waals surface area (Å²) in [5, 5.41) is 9.34. The van der Waals surface area contributed by atoms with E-state index in [1.165, 1.54) is 0 Å². The highest BCUT2D eigenvalue weighted by molar-refractivity contribution is 6.44.